The van der Waals surface area contributed by atoms with Gasteiger partial charge in [0.25, 0.3) is 0 Å². The molecular weight excluding hydrogens is 332 g/mol. The maximum absolute atomic E-state index is 12.4. The van der Waals surface area contributed by atoms with E-state index in [0.29, 0.717) is 23.7 Å². The average Bonchev–Trinajstić information content (AvgIpc) is 2.97. The molecule has 1 aromatic heterocycles. The number of nitrogens with one attached hydrogen (secondary N) is 1. The SMILES string of the molecule is CCc1nc2c(n1C)CN(CC(=O)Nc1ccc(OC)c(OC)c1)CC2. The Bertz CT molecular complexity index is 800. The van der Waals surface area contributed by atoms with Gasteiger partial charge in [0.1, 0.15) is 5.82 Å². The number of amides is 1. The maximum Gasteiger partial charge on any atom is 0.238 e. The van der Waals surface area contributed by atoms with Crippen LogP contribution in [0.25, 0.3) is 0 Å². The first-order chi connectivity index (χ1) is 12.5. The van der Waals surface area contributed by atoms with Crippen molar-refractivity contribution in [1.82, 2.24) is 14.5 Å². The molecule has 3 rings (SSSR count). The summed E-state index contributed by atoms with van der Waals surface area (Å²) in [4.78, 5) is 19.3. The second-order valence-electron chi connectivity index (χ2n) is 6.41. The topological polar surface area (TPSA) is 68.6 Å². The number of hydrogen-bond acceptors (Lipinski definition) is 5. The molecule has 0 unspecified atom stereocenters. The van der Waals surface area contributed by atoms with Crippen molar-refractivity contribution in [3.63, 3.8) is 0 Å². The van der Waals surface area contributed by atoms with Crippen molar-refractivity contribution in [3.05, 3.63) is 35.4 Å². The summed E-state index contributed by atoms with van der Waals surface area (Å²) in [6.45, 7) is 4.05. The van der Waals surface area contributed by atoms with Crippen molar-refractivity contribution in [2.45, 2.75) is 26.3 Å². The van der Waals surface area contributed by atoms with Crippen molar-refractivity contribution in [3.8, 4) is 11.5 Å². The van der Waals surface area contributed by atoms with E-state index in [2.05, 4.69) is 28.8 Å². The maximum atomic E-state index is 12.4. The minimum atomic E-state index is -0.0430. The number of hydrogen-bond donors (Lipinski definition) is 1. The van der Waals surface area contributed by atoms with E-state index < -0.39 is 0 Å². The van der Waals surface area contributed by atoms with E-state index in [4.69, 9.17) is 14.5 Å². The van der Waals surface area contributed by atoms with Crippen molar-refractivity contribution in [2.24, 2.45) is 7.05 Å². The number of benzene rings is 1. The summed E-state index contributed by atoms with van der Waals surface area (Å²) in [5.41, 5.74) is 3.08. The Labute approximate surface area is 153 Å². The number of carbonyl (C=O) groups is 1. The molecule has 0 fully saturated rings. The molecule has 1 aromatic carbocycles. The van der Waals surface area contributed by atoms with E-state index in [0.717, 1.165) is 31.8 Å². The minimum absolute atomic E-state index is 0.0430. The minimum Gasteiger partial charge on any atom is -0.493 e. The highest BCUT2D eigenvalue weighted by atomic mass is 16.5. The quantitative estimate of drug-likeness (QED) is 0.855. The lowest BCUT2D eigenvalue weighted by Crippen LogP contribution is -2.37. The normalized spacial score (nSPS) is 14.0. The third-order valence-corrected chi connectivity index (χ3v) is 4.78. The summed E-state index contributed by atoms with van der Waals surface area (Å²) in [6.07, 6.45) is 1.80. The Morgan fingerprint density at radius 2 is 2.04 bits per heavy atom. The lowest BCUT2D eigenvalue weighted by molar-refractivity contribution is -0.117. The number of nitrogens with zero attached hydrogens (tertiary/aromatic N) is 3. The van der Waals surface area contributed by atoms with E-state index in [1.165, 1.54) is 11.4 Å². The number of carbonyl (C=O) groups excluding carboxylic acids is 1. The van der Waals surface area contributed by atoms with Gasteiger partial charge in [-0.3, -0.25) is 9.69 Å². The molecule has 26 heavy (non-hydrogen) atoms. The summed E-state index contributed by atoms with van der Waals surface area (Å²) in [6, 6.07) is 5.35. The zero-order chi connectivity index (χ0) is 18.7. The molecule has 7 heteroatoms. The molecule has 140 valence electrons. The summed E-state index contributed by atoms with van der Waals surface area (Å²) in [7, 11) is 5.22. The highest BCUT2D eigenvalue weighted by Gasteiger charge is 2.23. The van der Waals surface area contributed by atoms with Gasteiger partial charge < -0.3 is 19.4 Å². The standard InChI is InChI=1S/C19H26N4O3/c1-5-18-21-14-8-9-23(11-15(14)22(18)2)12-19(24)20-13-6-7-16(25-3)17(10-13)26-4/h6-7,10H,5,8-9,11-12H2,1-4H3,(H,20,24). The predicted octanol–water partition coefficient (Wildman–Crippen LogP) is 2.00. The van der Waals surface area contributed by atoms with Crippen LogP contribution in [-0.2, 0) is 31.2 Å². The van der Waals surface area contributed by atoms with Crippen molar-refractivity contribution in [2.75, 3.05) is 32.6 Å². The van der Waals surface area contributed by atoms with Gasteiger partial charge >= 0.3 is 0 Å². The van der Waals surface area contributed by atoms with E-state index in [1.807, 2.05) is 6.07 Å². The van der Waals surface area contributed by atoms with Gasteiger partial charge in [-0.15, -0.1) is 0 Å². The summed E-state index contributed by atoms with van der Waals surface area (Å²) < 4.78 is 12.7. The third-order valence-electron chi connectivity index (χ3n) is 4.78. The smallest absolute Gasteiger partial charge is 0.238 e. The highest BCUT2D eigenvalue weighted by Crippen LogP contribution is 2.29. The Balaban J connectivity index is 1.63. The number of aryl methyl sites for hydroxylation is 1. The molecule has 7 nitrogen and oxygen atoms in total. The fraction of sp³-hybridized carbons (Fsp3) is 0.474. The van der Waals surface area contributed by atoms with Crippen LogP contribution in [0.1, 0.15) is 24.1 Å². The Morgan fingerprint density at radius 3 is 2.73 bits per heavy atom. The van der Waals surface area contributed by atoms with Crippen molar-refractivity contribution >= 4 is 11.6 Å². The molecule has 0 spiro atoms. The first-order valence-corrected chi connectivity index (χ1v) is 8.83. The second kappa shape index (κ2) is 7.78. The van der Waals surface area contributed by atoms with Crippen LogP contribution in [0.5, 0.6) is 11.5 Å². The number of fused-ring (bicyclic) bond motifs is 1. The van der Waals surface area contributed by atoms with Crippen molar-refractivity contribution in [1.29, 1.82) is 0 Å². The fourth-order valence-electron chi connectivity index (χ4n) is 3.37. The number of rotatable bonds is 6. The molecule has 1 amide bonds. The van der Waals surface area contributed by atoms with Gasteiger partial charge in [0, 0.05) is 44.7 Å². The predicted molar refractivity (Wildman–Crippen MR) is 99.7 cm³/mol. The molecular formula is C19H26N4O3. The Hall–Kier alpha value is -2.54. The summed E-state index contributed by atoms with van der Waals surface area (Å²) in [5, 5.41) is 2.93. The van der Waals surface area contributed by atoms with Crippen LogP contribution in [0.4, 0.5) is 5.69 Å². The molecule has 0 saturated carbocycles. The molecule has 0 radical (unpaired) electrons. The number of imidazole rings is 1. The zero-order valence-corrected chi connectivity index (χ0v) is 15.8. The van der Waals surface area contributed by atoms with Crippen LogP contribution in [0.3, 0.4) is 0 Å². The van der Waals surface area contributed by atoms with Gasteiger partial charge in [-0.1, -0.05) is 6.92 Å². The highest BCUT2D eigenvalue weighted by molar-refractivity contribution is 5.92. The van der Waals surface area contributed by atoms with Crippen LogP contribution in [0.15, 0.2) is 18.2 Å². The molecule has 1 aliphatic heterocycles. The number of ether oxygens (including phenoxy) is 2. The monoisotopic (exact) mass is 358 g/mol. The molecule has 2 aromatic rings. The van der Waals surface area contributed by atoms with Gasteiger partial charge in [-0.05, 0) is 12.1 Å². The molecule has 0 saturated heterocycles. The second-order valence-corrected chi connectivity index (χ2v) is 6.41. The average molecular weight is 358 g/mol. The van der Waals surface area contributed by atoms with Crippen LogP contribution in [-0.4, -0.2) is 47.7 Å². The lowest BCUT2D eigenvalue weighted by Gasteiger charge is -2.26. The molecule has 1 N–H and O–H groups in total. The van der Waals surface area contributed by atoms with E-state index in [9.17, 15) is 4.79 Å². The molecule has 2 heterocycles. The summed E-state index contributed by atoms with van der Waals surface area (Å²) in [5.74, 6) is 2.29. The number of methoxy groups -OCH3 is 2. The van der Waals surface area contributed by atoms with E-state index in [-0.39, 0.29) is 5.91 Å². The van der Waals surface area contributed by atoms with Crippen molar-refractivity contribution < 1.29 is 14.3 Å². The van der Waals surface area contributed by atoms with Crippen LogP contribution in [0.2, 0.25) is 0 Å². The first kappa shape index (κ1) is 18.3. The molecule has 0 aliphatic carbocycles. The molecule has 0 bridgehead atoms. The van der Waals surface area contributed by atoms with Gasteiger partial charge in [0.2, 0.25) is 5.91 Å². The van der Waals surface area contributed by atoms with Crippen LogP contribution >= 0.6 is 0 Å². The van der Waals surface area contributed by atoms with Gasteiger partial charge in [0.15, 0.2) is 11.5 Å². The van der Waals surface area contributed by atoms with E-state index >= 15 is 0 Å². The molecule has 1 aliphatic rings. The van der Waals surface area contributed by atoms with Gasteiger partial charge in [-0.25, -0.2) is 4.98 Å². The summed E-state index contributed by atoms with van der Waals surface area (Å²) >= 11 is 0. The van der Waals surface area contributed by atoms with E-state index in [1.54, 1.807) is 26.4 Å². The largest absolute Gasteiger partial charge is 0.493 e. The number of aromatic nitrogens is 2. The lowest BCUT2D eigenvalue weighted by atomic mass is 10.1. The first-order valence-electron chi connectivity index (χ1n) is 8.83. The van der Waals surface area contributed by atoms with Crippen LogP contribution < -0.4 is 14.8 Å². The van der Waals surface area contributed by atoms with Crippen LogP contribution in [0, 0.1) is 0 Å². The third kappa shape index (κ3) is 3.67. The fourth-order valence-corrected chi connectivity index (χ4v) is 3.37. The number of anilines is 1. The molecule has 0 atom stereocenters. The van der Waals surface area contributed by atoms with Gasteiger partial charge in [0.05, 0.1) is 32.2 Å². The van der Waals surface area contributed by atoms with Gasteiger partial charge in [-0.2, -0.15) is 0 Å². The zero-order valence-electron chi connectivity index (χ0n) is 15.8. The Kier molecular flexibility index (Phi) is 5.46. The Morgan fingerprint density at radius 1 is 1.27 bits per heavy atom.